The molecule has 25 heavy (non-hydrogen) atoms. The van der Waals surface area contributed by atoms with Crippen LogP contribution in [0.4, 0.5) is 0 Å². The number of carbonyl (C=O) groups excluding carboxylic acids is 1. The number of hydrogen-bond acceptors (Lipinski definition) is 4. The number of nitrogens with one attached hydrogen (secondary N) is 1. The highest BCUT2D eigenvalue weighted by molar-refractivity contribution is 7.07. The molecule has 6 nitrogen and oxygen atoms in total. The van der Waals surface area contributed by atoms with E-state index < -0.39 is 0 Å². The van der Waals surface area contributed by atoms with E-state index in [1.807, 2.05) is 48.8 Å². The minimum atomic E-state index is -0.0364. The zero-order chi connectivity index (χ0) is 17.6. The number of thiazole rings is 1. The summed E-state index contributed by atoms with van der Waals surface area (Å²) in [6.07, 6.45) is 4.73. The lowest BCUT2D eigenvalue weighted by Crippen LogP contribution is -2.28. The van der Waals surface area contributed by atoms with E-state index in [2.05, 4.69) is 10.4 Å². The van der Waals surface area contributed by atoms with Gasteiger partial charge in [-0.25, -0.2) is 4.68 Å². The summed E-state index contributed by atoms with van der Waals surface area (Å²) in [6, 6.07) is 9.98. The Bertz CT molecular complexity index is 879. The number of aromatic nitrogens is 3. The predicted molar refractivity (Wildman–Crippen MR) is 98.2 cm³/mol. The average molecular weight is 356 g/mol. The highest BCUT2D eigenvalue weighted by Crippen LogP contribution is 2.09. The maximum Gasteiger partial charge on any atom is 0.307 e. The van der Waals surface area contributed by atoms with Gasteiger partial charge in [0.25, 0.3) is 0 Å². The van der Waals surface area contributed by atoms with Crippen LogP contribution in [0.2, 0.25) is 0 Å². The number of carbonyl (C=O) groups is 1. The highest BCUT2D eigenvalue weighted by atomic mass is 32.1. The van der Waals surface area contributed by atoms with Gasteiger partial charge in [-0.05, 0) is 37.1 Å². The third-order valence-electron chi connectivity index (χ3n) is 3.98. The third-order valence-corrected chi connectivity index (χ3v) is 4.86. The molecule has 1 aromatic carbocycles. The molecule has 2 aromatic heterocycles. The number of nitrogens with zero attached hydrogens (tertiary/aromatic N) is 3. The predicted octanol–water partition coefficient (Wildman–Crippen LogP) is 2.15. The van der Waals surface area contributed by atoms with Crippen molar-refractivity contribution in [1.29, 1.82) is 0 Å². The van der Waals surface area contributed by atoms with Gasteiger partial charge in [0.15, 0.2) is 0 Å². The summed E-state index contributed by atoms with van der Waals surface area (Å²) < 4.78 is 3.44. The van der Waals surface area contributed by atoms with Gasteiger partial charge in [-0.15, -0.1) is 0 Å². The summed E-state index contributed by atoms with van der Waals surface area (Å²) in [5.41, 5.74) is 3.07. The van der Waals surface area contributed by atoms with Crippen LogP contribution in [-0.2, 0) is 17.8 Å². The van der Waals surface area contributed by atoms with Crippen molar-refractivity contribution >= 4 is 17.2 Å². The number of rotatable bonds is 7. The average Bonchev–Trinajstić information content (AvgIpc) is 3.25. The molecule has 0 aliphatic rings. The quantitative estimate of drug-likeness (QED) is 0.705. The fourth-order valence-electron chi connectivity index (χ4n) is 2.56. The zero-order valence-electron chi connectivity index (χ0n) is 14.0. The van der Waals surface area contributed by atoms with E-state index >= 15 is 0 Å². The van der Waals surface area contributed by atoms with Crippen molar-refractivity contribution in [2.45, 2.75) is 26.3 Å². The van der Waals surface area contributed by atoms with Gasteiger partial charge in [0.2, 0.25) is 5.91 Å². The van der Waals surface area contributed by atoms with Crippen LogP contribution < -0.4 is 10.2 Å². The maximum atomic E-state index is 11.9. The molecule has 0 bridgehead atoms. The molecule has 3 rings (SSSR count). The Kier molecular flexibility index (Phi) is 5.45. The van der Waals surface area contributed by atoms with E-state index in [1.54, 1.807) is 15.4 Å². The van der Waals surface area contributed by atoms with E-state index in [0.717, 1.165) is 23.4 Å². The first-order valence-corrected chi connectivity index (χ1v) is 9.02. The van der Waals surface area contributed by atoms with Crippen LogP contribution in [0.1, 0.15) is 17.7 Å². The van der Waals surface area contributed by atoms with E-state index in [4.69, 9.17) is 0 Å². The van der Waals surface area contributed by atoms with Crippen LogP contribution in [0.5, 0.6) is 0 Å². The van der Waals surface area contributed by atoms with Crippen LogP contribution in [0.15, 0.2) is 52.9 Å². The lowest BCUT2D eigenvalue weighted by Gasteiger charge is -2.07. The Morgan fingerprint density at radius 3 is 2.72 bits per heavy atom. The molecule has 0 radical (unpaired) electrons. The fraction of sp³-hybridized carbons (Fsp3) is 0.278. The molecular formula is C18H20N4O2S. The van der Waals surface area contributed by atoms with Crippen LogP contribution >= 0.6 is 11.3 Å². The Morgan fingerprint density at radius 2 is 2.08 bits per heavy atom. The van der Waals surface area contributed by atoms with Gasteiger partial charge >= 0.3 is 4.87 Å². The Balaban J connectivity index is 1.43. The van der Waals surface area contributed by atoms with Gasteiger partial charge in [-0.2, -0.15) is 5.10 Å². The summed E-state index contributed by atoms with van der Waals surface area (Å²) in [5, 5.41) is 8.91. The molecule has 0 atom stereocenters. The Hall–Kier alpha value is -2.67. The molecule has 130 valence electrons. The summed E-state index contributed by atoms with van der Waals surface area (Å²) in [6.45, 7) is 2.89. The second-order valence-corrected chi connectivity index (χ2v) is 6.58. The summed E-state index contributed by atoms with van der Waals surface area (Å²) in [7, 11) is 0. The van der Waals surface area contributed by atoms with Crippen molar-refractivity contribution in [3.8, 4) is 5.69 Å². The molecular weight excluding hydrogens is 336 g/mol. The lowest BCUT2D eigenvalue weighted by atomic mass is 10.1. The topological polar surface area (TPSA) is 68.9 Å². The summed E-state index contributed by atoms with van der Waals surface area (Å²) >= 11 is 1.17. The minimum Gasteiger partial charge on any atom is -0.356 e. The number of aryl methyl sites for hydroxylation is 1. The van der Waals surface area contributed by atoms with Crippen LogP contribution in [-0.4, -0.2) is 26.8 Å². The van der Waals surface area contributed by atoms with E-state index in [-0.39, 0.29) is 10.8 Å². The smallest absolute Gasteiger partial charge is 0.307 e. The second-order valence-electron chi connectivity index (χ2n) is 5.76. The molecule has 0 aliphatic heterocycles. The second kappa shape index (κ2) is 7.94. The van der Waals surface area contributed by atoms with Crippen molar-refractivity contribution in [2.24, 2.45) is 0 Å². The molecule has 1 N–H and O–H groups in total. The van der Waals surface area contributed by atoms with Crippen molar-refractivity contribution in [3.05, 3.63) is 69.0 Å². The van der Waals surface area contributed by atoms with E-state index in [0.29, 0.717) is 19.5 Å². The van der Waals surface area contributed by atoms with Gasteiger partial charge < -0.3 is 9.88 Å². The fourth-order valence-corrected chi connectivity index (χ4v) is 3.32. The van der Waals surface area contributed by atoms with Crippen LogP contribution in [0, 0.1) is 6.92 Å². The molecule has 0 unspecified atom stereocenters. The van der Waals surface area contributed by atoms with Crippen LogP contribution in [0.3, 0.4) is 0 Å². The number of benzene rings is 1. The van der Waals surface area contributed by atoms with Gasteiger partial charge in [-0.1, -0.05) is 23.5 Å². The standard InChI is InChI=1S/C18H20N4O2S/c1-14-13-25-18(24)21(14)12-8-17(23)19-10-7-15-3-5-16(6-4-15)22-11-2-9-20-22/h2-6,9,11,13H,7-8,10,12H2,1H3,(H,19,23). The van der Waals surface area contributed by atoms with E-state index in [1.165, 1.54) is 11.3 Å². The first-order valence-electron chi connectivity index (χ1n) is 8.14. The van der Waals surface area contributed by atoms with Crippen molar-refractivity contribution in [2.75, 3.05) is 6.54 Å². The monoisotopic (exact) mass is 356 g/mol. The molecule has 0 fully saturated rings. The van der Waals surface area contributed by atoms with Gasteiger partial charge in [0, 0.05) is 43.0 Å². The molecule has 0 spiro atoms. The normalized spacial score (nSPS) is 10.8. The largest absolute Gasteiger partial charge is 0.356 e. The van der Waals surface area contributed by atoms with Gasteiger partial charge in [0.05, 0.1) is 5.69 Å². The van der Waals surface area contributed by atoms with Gasteiger partial charge in [-0.3, -0.25) is 9.59 Å². The van der Waals surface area contributed by atoms with Gasteiger partial charge in [0.1, 0.15) is 0 Å². The number of amides is 1. The number of hydrogen-bond donors (Lipinski definition) is 1. The summed E-state index contributed by atoms with van der Waals surface area (Å²) in [4.78, 5) is 23.5. The van der Waals surface area contributed by atoms with Crippen molar-refractivity contribution in [3.63, 3.8) is 0 Å². The Labute approximate surface area is 149 Å². The summed E-state index contributed by atoms with van der Waals surface area (Å²) in [5.74, 6) is -0.0364. The molecule has 1 amide bonds. The van der Waals surface area contributed by atoms with Crippen LogP contribution in [0.25, 0.3) is 5.69 Å². The SMILES string of the molecule is Cc1csc(=O)n1CCC(=O)NCCc1ccc(-n2cccn2)cc1. The zero-order valence-corrected chi connectivity index (χ0v) is 14.8. The minimum absolute atomic E-state index is 0.0115. The molecule has 2 heterocycles. The Morgan fingerprint density at radius 1 is 1.28 bits per heavy atom. The highest BCUT2D eigenvalue weighted by Gasteiger charge is 2.06. The molecule has 0 aliphatic carbocycles. The van der Waals surface area contributed by atoms with E-state index in [9.17, 15) is 9.59 Å². The first-order chi connectivity index (χ1) is 12.1. The molecule has 7 heteroatoms. The third kappa shape index (κ3) is 4.45. The molecule has 0 saturated carbocycles. The van der Waals surface area contributed by atoms with Crippen molar-refractivity contribution in [1.82, 2.24) is 19.7 Å². The van der Waals surface area contributed by atoms with Crippen molar-refractivity contribution < 1.29 is 4.79 Å². The lowest BCUT2D eigenvalue weighted by molar-refractivity contribution is -0.121. The maximum absolute atomic E-state index is 11.9. The first kappa shape index (κ1) is 17.2. The molecule has 0 saturated heterocycles. The molecule has 3 aromatic rings.